The molecule has 2 heterocycles. The molecule has 9 atom stereocenters. The fourth-order valence-corrected chi connectivity index (χ4v) is 9.83. The third-order valence-corrected chi connectivity index (χ3v) is 14.1. The highest BCUT2D eigenvalue weighted by atomic mass is 33.1. The number of nitrogens with zero attached hydrogens (tertiary/aromatic N) is 1. The first-order valence-corrected chi connectivity index (χ1v) is 26.4. The number of nitrogens with one attached hydrogen (secondary N) is 8. The minimum atomic E-state index is -1.81. The molecule has 2 aliphatic rings. The Balaban J connectivity index is 2.07. The lowest BCUT2D eigenvalue weighted by Crippen LogP contribution is -2.62. The van der Waals surface area contributed by atoms with Gasteiger partial charge in [-0.1, -0.05) is 72.2 Å². The highest BCUT2D eigenvalue weighted by molar-refractivity contribution is 8.76. The van der Waals surface area contributed by atoms with Gasteiger partial charge in [0.05, 0.1) is 45.2 Å². The van der Waals surface area contributed by atoms with E-state index < -0.39 is 139 Å². The molecule has 0 spiro atoms. The molecular formula is C45H71N13O13S2. The van der Waals surface area contributed by atoms with E-state index in [9.17, 15) is 52.7 Å². The van der Waals surface area contributed by atoms with Crippen molar-refractivity contribution in [1.82, 2.24) is 47.4 Å². The molecule has 3 rings (SSSR count). The summed E-state index contributed by atoms with van der Waals surface area (Å²) in [5.41, 5.74) is 23.4. The molecule has 1 aromatic carbocycles. The van der Waals surface area contributed by atoms with Crippen LogP contribution in [0.4, 0.5) is 0 Å². The summed E-state index contributed by atoms with van der Waals surface area (Å²) in [4.78, 5) is 150. The standard InChI is InChI=1S/C45H71N13O13S2/c1-3-25(2)37-44(69)55-31(21-36(62)50-14-17-71-18-16-59)41(66)54-30(20-34(48)60)40(65)56-32(24-73-72-23-27(47)38(63)53-29(42(67)57-37)19-26-9-5-4-6-10-26)45(70)58-15-8-12-33(58)43(68)52-28(11-7-13-46)39(64)51-22-35(49)61/h4-6,9-10,25,27-33,37,59H,3,7-8,11-24,46-47H2,1-2H3,(H2,48,60)(H2,49,61)(H,50,62)(H,51,64)(H,52,68)(H,53,63)(H,54,66)(H,55,69)(H,56,65)(H,57,67)/t25-,27-,28-,29-,30-,31-,32-,33-,37-/m0/s1. The van der Waals surface area contributed by atoms with E-state index in [0.717, 1.165) is 21.6 Å². The summed E-state index contributed by atoms with van der Waals surface area (Å²) >= 11 is 0. The Morgan fingerprint density at radius 1 is 0.822 bits per heavy atom. The van der Waals surface area contributed by atoms with E-state index in [1.807, 2.05) is 0 Å². The number of aliphatic hydroxyl groups is 1. The Labute approximate surface area is 431 Å². The maximum Gasteiger partial charge on any atom is 0.246 e. The third kappa shape index (κ3) is 21.1. The van der Waals surface area contributed by atoms with E-state index >= 15 is 0 Å². The number of hydrogen-bond donors (Lipinski definition) is 13. The van der Waals surface area contributed by atoms with Crippen LogP contribution in [0.3, 0.4) is 0 Å². The number of carbonyl (C=O) groups is 11. The van der Waals surface area contributed by atoms with Crippen molar-refractivity contribution in [3.05, 3.63) is 35.9 Å². The summed E-state index contributed by atoms with van der Waals surface area (Å²) in [5, 5.41) is 29.4. The number of primary amides is 2. The van der Waals surface area contributed by atoms with Crippen LogP contribution in [0.1, 0.15) is 64.4 Å². The normalized spacial score (nSPS) is 23.5. The number of rotatable bonds is 22. The topological polar surface area (TPSA) is 421 Å². The van der Waals surface area contributed by atoms with Gasteiger partial charge >= 0.3 is 0 Å². The molecule has 26 nitrogen and oxygen atoms in total. The molecule has 1 aromatic rings. The zero-order valence-corrected chi connectivity index (χ0v) is 42.7. The first kappa shape index (κ1) is 61.2. The molecule has 0 radical (unpaired) electrons. The van der Waals surface area contributed by atoms with Crippen LogP contribution in [0, 0.1) is 5.92 Å². The van der Waals surface area contributed by atoms with Gasteiger partial charge in [0, 0.05) is 31.0 Å². The first-order chi connectivity index (χ1) is 34.8. The van der Waals surface area contributed by atoms with Crippen molar-refractivity contribution in [3.63, 3.8) is 0 Å². The maximum absolute atomic E-state index is 14.6. The summed E-state index contributed by atoms with van der Waals surface area (Å²) in [6, 6.07) is -2.49. The third-order valence-electron chi connectivity index (χ3n) is 11.7. The maximum atomic E-state index is 14.6. The highest BCUT2D eigenvalue weighted by Crippen LogP contribution is 2.26. The second-order valence-corrected chi connectivity index (χ2v) is 20.0. The predicted octanol–water partition coefficient (Wildman–Crippen LogP) is -5.37. The number of benzene rings is 1. The lowest BCUT2D eigenvalue weighted by Gasteiger charge is -2.31. The lowest BCUT2D eigenvalue weighted by molar-refractivity contribution is -0.142. The van der Waals surface area contributed by atoms with E-state index in [0.29, 0.717) is 24.8 Å². The van der Waals surface area contributed by atoms with Gasteiger partial charge in [-0.2, -0.15) is 0 Å². The van der Waals surface area contributed by atoms with Gasteiger partial charge in [0.1, 0.15) is 42.3 Å². The number of nitrogens with two attached hydrogens (primary N) is 4. The second-order valence-electron chi connectivity index (χ2n) is 17.4. The van der Waals surface area contributed by atoms with Gasteiger partial charge < -0.3 is 80.2 Å². The van der Waals surface area contributed by atoms with Crippen molar-refractivity contribution in [2.24, 2.45) is 28.9 Å². The number of amides is 11. The Bertz CT molecular complexity index is 2080. The highest BCUT2D eigenvalue weighted by Gasteiger charge is 2.41. The largest absolute Gasteiger partial charge is 0.394 e. The van der Waals surface area contributed by atoms with Gasteiger partial charge in [-0.05, 0) is 43.7 Å². The predicted molar refractivity (Wildman–Crippen MR) is 269 cm³/mol. The monoisotopic (exact) mass is 1070 g/mol. The van der Waals surface area contributed by atoms with Gasteiger partial charge in [-0.25, -0.2) is 0 Å². The fourth-order valence-electron chi connectivity index (χ4n) is 7.55. The molecule has 2 aliphatic heterocycles. The van der Waals surface area contributed by atoms with Crippen LogP contribution in [-0.4, -0.2) is 181 Å². The molecule has 0 aliphatic carbocycles. The number of ether oxygens (including phenoxy) is 1. The molecule has 406 valence electrons. The minimum Gasteiger partial charge on any atom is -0.394 e. The number of carbonyl (C=O) groups excluding carboxylic acids is 11. The smallest absolute Gasteiger partial charge is 0.246 e. The Kier molecular flexibility index (Phi) is 27.0. The Hall–Kier alpha value is -6.07. The minimum absolute atomic E-state index is 0.0134. The average Bonchev–Trinajstić information content (AvgIpc) is 3.86. The molecule has 2 fully saturated rings. The van der Waals surface area contributed by atoms with Crippen LogP contribution < -0.4 is 65.5 Å². The summed E-state index contributed by atoms with van der Waals surface area (Å²) in [6.45, 7) is 2.73. The molecule has 73 heavy (non-hydrogen) atoms. The fraction of sp³-hybridized carbons (Fsp3) is 0.622. The Morgan fingerprint density at radius 3 is 2.12 bits per heavy atom. The second kappa shape index (κ2) is 32.2. The first-order valence-electron chi connectivity index (χ1n) is 24.0. The molecule has 0 saturated carbocycles. The zero-order valence-electron chi connectivity index (χ0n) is 41.0. The van der Waals surface area contributed by atoms with Gasteiger partial charge in [0.25, 0.3) is 0 Å². The van der Waals surface area contributed by atoms with E-state index in [1.54, 1.807) is 44.2 Å². The summed E-state index contributed by atoms with van der Waals surface area (Å²) < 4.78 is 5.18. The van der Waals surface area contributed by atoms with Gasteiger partial charge in [-0.15, -0.1) is 0 Å². The number of hydrogen-bond acceptors (Lipinski definition) is 17. The van der Waals surface area contributed by atoms with Gasteiger partial charge in [0.15, 0.2) is 0 Å². The van der Waals surface area contributed by atoms with E-state index in [4.69, 9.17) is 32.8 Å². The average molecular weight is 1070 g/mol. The van der Waals surface area contributed by atoms with E-state index in [-0.39, 0.29) is 70.2 Å². The number of likely N-dealkylation sites (tertiary alicyclic amines) is 1. The van der Waals surface area contributed by atoms with E-state index in [2.05, 4.69) is 42.5 Å². The van der Waals surface area contributed by atoms with Crippen LogP contribution in [0.5, 0.6) is 0 Å². The molecule has 17 N–H and O–H groups in total. The molecule has 11 amide bonds. The Morgan fingerprint density at radius 2 is 1.47 bits per heavy atom. The van der Waals surface area contributed by atoms with Crippen molar-refractivity contribution in [2.45, 2.75) is 114 Å². The van der Waals surface area contributed by atoms with E-state index in [1.165, 1.54) is 4.90 Å². The molecule has 0 aromatic heterocycles. The molecule has 0 unspecified atom stereocenters. The van der Waals surface area contributed by atoms with Crippen molar-refractivity contribution in [3.8, 4) is 0 Å². The van der Waals surface area contributed by atoms with Crippen molar-refractivity contribution in [2.75, 3.05) is 57.5 Å². The van der Waals surface area contributed by atoms with Crippen LogP contribution in [0.2, 0.25) is 0 Å². The molecule has 0 bridgehead atoms. The van der Waals surface area contributed by atoms with Crippen LogP contribution in [-0.2, 0) is 63.9 Å². The summed E-state index contributed by atoms with van der Waals surface area (Å²) in [7, 11) is 2.05. The lowest BCUT2D eigenvalue weighted by atomic mass is 9.96. The van der Waals surface area contributed by atoms with Crippen molar-refractivity contribution < 1.29 is 62.6 Å². The molecule has 2 saturated heterocycles. The molecular weight excluding hydrogens is 995 g/mol. The zero-order chi connectivity index (χ0) is 54.0. The molecule has 28 heteroatoms. The van der Waals surface area contributed by atoms with Gasteiger partial charge in [-0.3, -0.25) is 52.7 Å². The quantitative estimate of drug-likeness (QED) is 0.0381. The van der Waals surface area contributed by atoms with Crippen LogP contribution in [0.15, 0.2) is 30.3 Å². The van der Waals surface area contributed by atoms with Crippen LogP contribution in [0.25, 0.3) is 0 Å². The SMILES string of the molecule is CC[C@H](C)[C@@H]1NC(=O)[C@H](Cc2ccccc2)NC(=O)[C@@H](N)CSSC[C@@H](C(=O)N2CCC[C@H]2C(=O)N[C@@H](CCCN)C(=O)NCC(N)=O)NC(=O)[C@H](CC(N)=O)NC(=O)[C@H](CC(=O)NCCOCCO)NC1=O. The number of aliphatic hydroxyl groups excluding tert-OH is 1. The van der Waals surface area contributed by atoms with Gasteiger partial charge in [0.2, 0.25) is 65.0 Å². The van der Waals surface area contributed by atoms with Crippen molar-refractivity contribution in [1.29, 1.82) is 0 Å². The summed E-state index contributed by atoms with van der Waals surface area (Å²) in [5.74, 6) is -10.4. The summed E-state index contributed by atoms with van der Waals surface area (Å²) in [6.07, 6.45) is -0.387. The van der Waals surface area contributed by atoms with Crippen LogP contribution >= 0.6 is 21.6 Å². The van der Waals surface area contributed by atoms with Crippen molar-refractivity contribution >= 4 is 86.6 Å².